The maximum absolute atomic E-state index is 11.2. The highest BCUT2D eigenvalue weighted by molar-refractivity contribution is 7.98. The number of anilines is 1. The fraction of sp³-hybridized carbons (Fsp3) is 0.600. The van der Waals surface area contributed by atoms with E-state index in [1.807, 2.05) is 7.05 Å². The first-order chi connectivity index (χ1) is 7.60. The molecule has 0 aliphatic heterocycles. The molecule has 0 aromatic carbocycles. The highest BCUT2D eigenvalue weighted by Gasteiger charge is 2.16. The number of thiazole rings is 1. The van der Waals surface area contributed by atoms with Crippen molar-refractivity contribution in [1.29, 1.82) is 0 Å². The molecule has 6 heteroatoms. The second-order valence-electron chi connectivity index (χ2n) is 3.42. The quantitative estimate of drug-likeness (QED) is 0.759. The monoisotopic (exact) mass is 260 g/mol. The SMILES string of the molecule is COC(=O)c1csc(N(C)C(C)CSC)n1. The number of aromatic nitrogens is 1. The first kappa shape index (κ1) is 13.3. The molecule has 0 N–H and O–H groups in total. The molecule has 1 aromatic heterocycles. The van der Waals surface area contributed by atoms with Gasteiger partial charge in [0.25, 0.3) is 0 Å². The van der Waals surface area contributed by atoms with Gasteiger partial charge in [0.05, 0.1) is 7.11 Å². The van der Waals surface area contributed by atoms with Gasteiger partial charge in [0.1, 0.15) is 0 Å². The lowest BCUT2D eigenvalue weighted by molar-refractivity contribution is 0.0595. The van der Waals surface area contributed by atoms with Crippen LogP contribution in [0, 0.1) is 0 Å². The summed E-state index contributed by atoms with van der Waals surface area (Å²) in [6.45, 7) is 2.13. The standard InChI is InChI=1S/C10H16N2O2S2/c1-7(5-15-4)12(2)10-11-8(6-16-10)9(13)14-3/h6-7H,5H2,1-4H3. The van der Waals surface area contributed by atoms with Crippen LogP contribution in [0.4, 0.5) is 5.13 Å². The van der Waals surface area contributed by atoms with Crippen LogP contribution in [0.1, 0.15) is 17.4 Å². The van der Waals surface area contributed by atoms with Crippen LogP contribution in [0.15, 0.2) is 5.38 Å². The molecule has 4 nitrogen and oxygen atoms in total. The number of rotatable bonds is 5. The van der Waals surface area contributed by atoms with Crippen LogP contribution in [0.25, 0.3) is 0 Å². The Morgan fingerprint density at radius 3 is 3.00 bits per heavy atom. The van der Waals surface area contributed by atoms with Crippen molar-refractivity contribution >= 4 is 34.2 Å². The van der Waals surface area contributed by atoms with Crippen molar-refractivity contribution in [2.45, 2.75) is 13.0 Å². The molecule has 0 aliphatic rings. The van der Waals surface area contributed by atoms with Crippen LogP contribution in [0.3, 0.4) is 0 Å². The van der Waals surface area contributed by atoms with E-state index in [-0.39, 0.29) is 5.97 Å². The third-order valence-electron chi connectivity index (χ3n) is 2.26. The highest BCUT2D eigenvalue weighted by Crippen LogP contribution is 2.22. The van der Waals surface area contributed by atoms with Crippen molar-refractivity contribution in [3.8, 4) is 0 Å². The molecule has 90 valence electrons. The second-order valence-corrected chi connectivity index (χ2v) is 5.17. The van der Waals surface area contributed by atoms with E-state index in [1.54, 1.807) is 17.1 Å². The Balaban J connectivity index is 2.73. The summed E-state index contributed by atoms with van der Waals surface area (Å²) in [6.07, 6.45) is 2.08. The van der Waals surface area contributed by atoms with Gasteiger partial charge in [-0.25, -0.2) is 9.78 Å². The Bertz CT molecular complexity index is 354. The summed E-state index contributed by atoms with van der Waals surface area (Å²) >= 11 is 3.25. The molecule has 16 heavy (non-hydrogen) atoms. The summed E-state index contributed by atoms with van der Waals surface area (Å²) in [5, 5.41) is 2.57. The van der Waals surface area contributed by atoms with Gasteiger partial charge in [0, 0.05) is 24.2 Å². The molecule has 0 amide bonds. The van der Waals surface area contributed by atoms with E-state index in [9.17, 15) is 4.79 Å². The molecule has 0 aliphatic carbocycles. The minimum absolute atomic E-state index is 0.380. The van der Waals surface area contributed by atoms with Crippen LogP contribution >= 0.6 is 23.1 Å². The summed E-state index contributed by atoms with van der Waals surface area (Å²) in [6, 6.07) is 0.395. The molecular weight excluding hydrogens is 244 g/mol. The Morgan fingerprint density at radius 1 is 1.75 bits per heavy atom. The average molecular weight is 260 g/mol. The first-order valence-corrected chi connectivity index (χ1v) is 7.13. The van der Waals surface area contributed by atoms with Gasteiger partial charge in [-0.05, 0) is 13.2 Å². The molecule has 0 spiro atoms. The maximum atomic E-state index is 11.2. The molecule has 0 bridgehead atoms. The second kappa shape index (κ2) is 6.10. The number of methoxy groups -OCH3 is 1. The zero-order valence-corrected chi connectivity index (χ0v) is 11.5. The summed E-state index contributed by atoms with van der Waals surface area (Å²) in [4.78, 5) is 17.6. The number of esters is 1. The fourth-order valence-electron chi connectivity index (χ4n) is 1.17. The van der Waals surface area contributed by atoms with Crippen molar-refractivity contribution in [3.05, 3.63) is 11.1 Å². The van der Waals surface area contributed by atoms with Crippen molar-refractivity contribution in [2.75, 3.05) is 31.1 Å². The summed E-state index contributed by atoms with van der Waals surface area (Å²) in [7, 11) is 3.35. The number of carbonyl (C=O) groups is 1. The third kappa shape index (κ3) is 3.12. The summed E-state index contributed by atoms with van der Waals surface area (Å²) in [5.41, 5.74) is 0.380. The smallest absolute Gasteiger partial charge is 0.357 e. The Kier molecular flexibility index (Phi) is 5.08. The molecule has 1 aromatic rings. The molecular formula is C10H16N2O2S2. The van der Waals surface area contributed by atoms with Gasteiger partial charge in [0.2, 0.25) is 0 Å². The van der Waals surface area contributed by atoms with Gasteiger partial charge in [-0.15, -0.1) is 11.3 Å². The third-order valence-corrected chi connectivity index (χ3v) is 4.00. The van der Waals surface area contributed by atoms with Crippen LogP contribution in [0.2, 0.25) is 0 Å². The molecule has 1 atom stereocenters. The zero-order chi connectivity index (χ0) is 12.1. The van der Waals surface area contributed by atoms with Crippen molar-refractivity contribution in [2.24, 2.45) is 0 Å². The van der Waals surface area contributed by atoms with Gasteiger partial charge < -0.3 is 9.64 Å². The normalized spacial score (nSPS) is 12.2. The van der Waals surface area contributed by atoms with Gasteiger partial charge >= 0.3 is 5.97 Å². The van der Waals surface area contributed by atoms with Crippen LogP contribution in [0.5, 0.6) is 0 Å². The predicted molar refractivity (Wildman–Crippen MR) is 69.7 cm³/mol. The Morgan fingerprint density at radius 2 is 2.44 bits per heavy atom. The number of hydrogen-bond acceptors (Lipinski definition) is 6. The van der Waals surface area contributed by atoms with Gasteiger partial charge in [-0.2, -0.15) is 11.8 Å². The maximum Gasteiger partial charge on any atom is 0.357 e. The Labute approximate surface area is 104 Å². The van der Waals surface area contributed by atoms with Crippen LogP contribution in [-0.2, 0) is 4.74 Å². The molecule has 0 radical (unpaired) electrons. The Hall–Kier alpha value is -0.750. The fourth-order valence-corrected chi connectivity index (χ4v) is 2.74. The first-order valence-electron chi connectivity index (χ1n) is 4.85. The van der Waals surface area contributed by atoms with E-state index in [0.29, 0.717) is 11.7 Å². The largest absolute Gasteiger partial charge is 0.464 e. The van der Waals surface area contributed by atoms with E-state index in [1.165, 1.54) is 18.4 Å². The summed E-state index contributed by atoms with van der Waals surface area (Å²) in [5.74, 6) is 0.650. The van der Waals surface area contributed by atoms with E-state index >= 15 is 0 Å². The van der Waals surface area contributed by atoms with Crippen molar-refractivity contribution in [1.82, 2.24) is 4.98 Å². The molecule has 1 rings (SSSR count). The number of hydrogen-bond donors (Lipinski definition) is 0. The van der Waals surface area contributed by atoms with E-state index in [4.69, 9.17) is 0 Å². The lowest BCUT2D eigenvalue weighted by Crippen LogP contribution is -2.30. The lowest BCUT2D eigenvalue weighted by atomic mass is 10.4. The zero-order valence-electron chi connectivity index (χ0n) is 9.89. The minimum Gasteiger partial charge on any atom is -0.464 e. The highest BCUT2D eigenvalue weighted by atomic mass is 32.2. The van der Waals surface area contributed by atoms with E-state index in [2.05, 4.69) is 27.8 Å². The number of ether oxygens (including phenoxy) is 1. The lowest BCUT2D eigenvalue weighted by Gasteiger charge is -2.23. The van der Waals surface area contributed by atoms with E-state index < -0.39 is 0 Å². The van der Waals surface area contributed by atoms with Crippen LogP contribution in [-0.4, -0.2) is 43.2 Å². The van der Waals surface area contributed by atoms with Crippen molar-refractivity contribution < 1.29 is 9.53 Å². The number of thioether (sulfide) groups is 1. The van der Waals surface area contributed by atoms with Crippen LogP contribution < -0.4 is 4.90 Å². The van der Waals surface area contributed by atoms with Crippen molar-refractivity contribution in [3.63, 3.8) is 0 Å². The number of carbonyl (C=O) groups excluding carboxylic acids is 1. The van der Waals surface area contributed by atoms with Gasteiger partial charge in [-0.1, -0.05) is 0 Å². The molecule has 0 saturated heterocycles. The average Bonchev–Trinajstić information content (AvgIpc) is 2.76. The molecule has 0 fully saturated rings. The summed E-state index contributed by atoms with van der Waals surface area (Å²) < 4.78 is 4.62. The topological polar surface area (TPSA) is 42.4 Å². The number of nitrogens with zero attached hydrogens (tertiary/aromatic N) is 2. The van der Waals surface area contributed by atoms with E-state index in [0.717, 1.165) is 10.9 Å². The molecule has 1 heterocycles. The molecule has 1 unspecified atom stereocenters. The predicted octanol–water partition coefficient (Wildman–Crippen LogP) is 2.12. The minimum atomic E-state index is -0.381. The molecule has 0 saturated carbocycles. The van der Waals surface area contributed by atoms with Gasteiger partial charge in [-0.3, -0.25) is 0 Å². The van der Waals surface area contributed by atoms with Gasteiger partial charge in [0.15, 0.2) is 10.8 Å².